The van der Waals surface area contributed by atoms with Crippen molar-refractivity contribution >= 4 is 44.3 Å². The molecule has 1 aliphatic heterocycles. The van der Waals surface area contributed by atoms with E-state index in [2.05, 4.69) is 11.9 Å². The van der Waals surface area contributed by atoms with E-state index in [-0.39, 0.29) is 30.7 Å². The van der Waals surface area contributed by atoms with Gasteiger partial charge in [0, 0.05) is 41.3 Å². The third-order valence-electron chi connectivity index (χ3n) is 10.4. The summed E-state index contributed by atoms with van der Waals surface area (Å²) in [6, 6.07) is 23.4. The number of hydrogen-bond acceptors (Lipinski definition) is 10. The summed E-state index contributed by atoms with van der Waals surface area (Å²) in [4.78, 5) is 61.9. The fourth-order valence-electron chi connectivity index (χ4n) is 7.36. The number of Topliss-reactive ketones (excluding diaryl/α,β-unsaturated/α-hetero) is 1. The molecule has 0 radical (unpaired) electrons. The molecule has 1 aliphatic carbocycles. The number of fused-ring (bicyclic) bond motifs is 1. The van der Waals surface area contributed by atoms with Crippen LogP contribution in [-0.2, 0) is 33.8 Å². The number of ketones is 1. The fraction of sp³-hybridized carbons (Fsp3) is 0.386. The van der Waals surface area contributed by atoms with Crippen molar-refractivity contribution in [1.82, 2.24) is 15.2 Å². The predicted octanol–water partition coefficient (Wildman–Crippen LogP) is 6.12. The molecule has 57 heavy (non-hydrogen) atoms. The van der Waals surface area contributed by atoms with Gasteiger partial charge < -0.3 is 24.4 Å². The number of carbonyl (C=O) groups is 4. The maximum absolute atomic E-state index is 14.4. The maximum atomic E-state index is 14.4. The summed E-state index contributed by atoms with van der Waals surface area (Å²) in [5, 5.41) is 3.55. The SMILES string of the molecule is C=C[C@@H]1C[C@]1(NC(=O)[C@@H]1CC(Oc2cc(-c3ccccc3)nc3cc(OC)ccc23)CN1C(=O)[C@H](CC)CC(=O)OC(C)(C)C)C(=O)CS(=O)(=O)c1ccccc1. The Balaban J connectivity index is 1.32. The number of pyridine rings is 1. The Kier molecular flexibility index (Phi) is 11.9. The smallest absolute Gasteiger partial charge is 0.307 e. The molecule has 13 heteroatoms. The minimum atomic E-state index is -4.02. The van der Waals surface area contributed by atoms with Crippen LogP contribution in [0.2, 0.25) is 0 Å². The molecule has 5 atom stereocenters. The highest BCUT2D eigenvalue weighted by Gasteiger charge is 2.60. The number of aromatic nitrogens is 1. The van der Waals surface area contributed by atoms with Crippen LogP contribution in [0.15, 0.2) is 102 Å². The monoisotopic (exact) mass is 795 g/mol. The zero-order chi connectivity index (χ0) is 41.1. The Bertz CT molecular complexity index is 2270. The first-order valence-corrected chi connectivity index (χ1v) is 20.7. The van der Waals surface area contributed by atoms with Crippen molar-refractivity contribution in [3.8, 4) is 22.8 Å². The first-order chi connectivity index (χ1) is 27.1. The Labute approximate surface area is 333 Å². The van der Waals surface area contributed by atoms with E-state index in [1.165, 1.54) is 23.1 Å². The quantitative estimate of drug-likeness (QED) is 0.110. The van der Waals surface area contributed by atoms with Crippen LogP contribution in [0.4, 0.5) is 0 Å². The molecule has 1 N–H and O–H groups in total. The Morgan fingerprint density at radius 2 is 1.70 bits per heavy atom. The predicted molar refractivity (Wildman–Crippen MR) is 215 cm³/mol. The van der Waals surface area contributed by atoms with Gasteiger partial charge in [0.2, 0.25) is 11.8 Å². The normalized spacial score (nSPS) is 21.0. The molecule has 2 heterocycles. The van der Waals surface area contributed by atoms with Crippen molar-refractivity contribution in [2.75, 3.05) is 19.4 Å². The molecule has 12 nitrogen and oxygen atoms in total. The minimum absolute atomic E-state index is 0.00337. The molecular weight excluding hydrogens is 747 g/mol. The van der Waals surface area contributed by atoms with Gasteiger partial charge in [-0.1, -0.05) is 61.5 Å². The first kappa shape index (κ1) is 41.1. The zero-order valence-corrected chi connectivity index (χ0v) is 33.7. The van der Waals surface area contributed by atoms with Crippen molar-refractivity contribution in [3.63, 3.8) is 0 Å². The van der Waals surface area contributed by atoms with E-state index in [9.17, 15) is 27.6 Å². The van der Waals surface area contributed by atoms with E-state index in [4.69, 9.17) is 19.2 Å². The number of hydrogen-bond donors (Lipinski definition) is 1. The average Bonchev–Trinajstić information content (AvgIpc) is 3.75. The lowest BCUT2D eigenvalue weighted by molar-refractivity contribution is -0.158. The lowest BCUT2D eigenvalue weighted by Gasteiger charge is -2.29. The van der Waals surface area contributed by atoms with Gasteiger partial charge in [0.1, 0.15) is 40.5 Å². The van der Waals surface area contributed by atoms with Crippen LogP contribution in [0, 0.1) is 11.8 Å². The van der Waals surface area contributed by atoms with Gasteiger partial charge in [-0.05, 0) is 57.9 Å². The van der Waals surface area contributed by atoms with Crippen LogP contribution < -0.4 is 14.8 Å². The number of nitrogens with one attached hydrogen (secondary N) is 1. The summed E-state index contributed by atoms with van der Waals surface area (Å²) in [6.45, 7) is 10.8. The Morgan fingerprint density at radius 3 is 2.32 bits per heavy atom. The molecule has 3 aromatic carbocycles. The number of rotatable bonds is 15. The van der Waals surface area contributed by atoms with Gasteiger partial charge in [0.15, 0.2) is 15.6 Å². The van der Waals surface area contributed by atoms with Crippen molar-refractivity contribution in [2.45, 2.75) is 81.6 Å². The summed E-state index contributed by atoms with van der Waals surface area (Å²) < 4.78 is 44.2. The van der Waals surface area contributed by atoms with Gasteiger partial charge in [0.25, 0.3) is 0 Å². The number of amides is 2. The highest BCUT2D eigenvalue weighted by atomic mass is 32.2. The molecule has 6 rings (SSSR count). The van der Waals surface area contributed by atoms with Gasteiger partial charge in [-0.2, -0.15) is 0 Å². The molecule has 4 aromatic rings. The number of carbonyl (C=O) groups excluding carboxylic acids is 4. The Hall–Kier alpha value is -5.56. The van der Waals surface area contributed by atoms with Gasteiger partial charge in [-0.15, -0.1) is 6.58 Å². The van der Waals surface area contributed by atoms with Crippen LogP contribution in [0.5, 0.6) is 11.5 Å². The molecule has 1 saturated carbocycles. The van der Waals surface area contributed by atoms with Crippen LogP contribution in [0.3, 0.4) is 0 Å². The summed E-state index contributed by atoms with van der Waals surface area (Å²) in [5.41, 5.74) is -0.162. The molecule has 0 bridgehead atoms. The van der Waals surface area contributed by atoms with E-state index in [0.717, 1.165) is 5.56 Å². The van der Waals surface area contributed by atoms with Crippen molar-refractivity contribution < 1.29 is 41.8 Å². The largest absolute Gasteiger partial charge is 0.497 e. The zero-order valence-electron chi connectivity index (χ0n) is 32.9. The van der Waals surface area contributed by atoms with E-state index < -0.39 is 74.3 Å². The molecule has 2 amide bonds. The lowest BCUT2D eigenvalue weighted by Crippen LogP contribution is -2.54. The molecule has 1 aromatic heterocycles. The van der Waals surface area contributed by atoms with Crippen LogP contribution in [0.1, 0.15) is 53.4 Å². The summed E-state index contributed by atoms with van der Waals surface area (Å²) in [5.74, 6) is -3.33. The number of nitrogens with zero attached hydrogens (tertiary/aromatic N) is 2. The van der Waals surface area contributed by atoms with Crippen molar-refractivity contribution in [3.05, 3.63) is 97.6 Å². The van der Waals surface area contributed by atoms with Gasteiger partial charge >= 0.3 is 5.97 Å². The van der Waals surface area contributed by atoms with E-state index in [1.807, 2.05) is 42.5 Å². The Morgan fingerprint density at radius 1 is 1.02 bits per heavy atom. The second-order valence-electron chi connectivity index (χ2n) is 15.6. The minimum Gasteiger partial charge on any atom is -0.497 e. The molecule has 1 saturated heterocycles. The number of benzene rings is 3. The second kappa shape index (κ2) is 16.5. The molecule has 300 valence electrons. The van der Waals surface area contributed by atoms with Gasteiger partial charge in [-0.25, -0.2) is 13.4 Å². The molecule has 0 spiro atoms. The summed E-state index contributed by atoms with van der Waals surface area (Å²) in [6.07, 6.45) is 1.14. The summed E-state index contributed by atoms with van der Waals surface area (Å²) >= 11 is 0. The average molecular weight is 796 g/mol. The summed E-state index contributed by atoms with van der Waals surface area (Å²) in [7, 11) is -2.45. The topological polar surface area (TPSA) is 158 Å². The van der Waals surface area contributed by atoms with E-state index in [1.54, 1.807) is 65.1 Å². The number of methoxy groups -OCH3 is 1. The van der Waals surface area contributed by atoms with Crippen molar-refractivity contribution in [2.24, 2.45) is 11.8 Å². The van der Waals surface area contributed by atoms with E-state index >= 15 is 0 Å². The number of sulfone groups is 1. The molecule has 1 unspecified atom stereocenters. The third-order valence-corrected chi connectivity index (χ3v) is 12.1. The highest BCUT2D eigenvalue weighted by Crippen LogP contribution is 2.46. The number of likely N-dealkylation sites (tertiary alicyclic amines) is 1. The van der Waals surface area contributed by atoms with Crippen LogP contribution in [-0.4, -0.2) is 84.6 Å². The third kappa shape index (κ3) is 9.20. The van der Waals surface area contributed by atoms with Gasteiger partial charge in [0.05, 0.1) is 36.2 Å². The molecule has 2 aliphatic rings. The van der Waals surface area contributed by atoms with Gasteiger partial charge in [-0.3, -0.25) is 19.2 Å². The number of esters is 1. The van der Waals surface area contributed by atoms with Crippen molar-refractivity contribution in [1.29, 1.82) is 0 Å². The standard InChI is InChI=1S/C44H49N3O9S/c1-7-28(21-40(49)56-43(3,4)5)42(51)47-26-32(55-38-24-35(29-15-11-9-12-16-29)45-36-22-31(54-6)19-20-34(36)38)23-37(47)41(50)46-44(25-30(44)8-2)39(48)27-57(52,53)33-17-13-10-14-18-33/h8-20,22,24,28,30,32,37H,2,7,21,23,25-27H2,1,3-6H3,(H,46,50)/t28-,30-,32?,37+,44-/m1/s1. The van der Waals surface area contributed by atoms with E-state index in [0.29, 0.717) is 34.5 Å². The molecule has 2 fully saturated rings. The first-order valence-electron chi connectivity index (χ1n) is 19.1. The van der Waals surface area contributed by atoms with Crippen LogP contribution >= 0.6 is 0 Å². The maximum Gasteiger partial charge on any atom is 0.307 e. The highest BCUT2D eigenvalue weighted by molar-refractivity contribution is 7.92. The lowest BCUT2D eigenvalue weighted by atomic mass is 9.99. The fourth-order valence-corrected chi connectivity index (χ4v) is 8.70. The molecular formula is C44H49N3O9S. The second-order valence-corrected chi connectivity index (χ2v) is 17.6. The number of ether oxygens (including phenoxy) is 3. The van der Waals surface area contributed by atoms with Crippen LogP contribution in [0.25, 0.3) is 22.2 Å².